The number of nitrogens with two attached hydrogens (primary N) is 1. The molecular weight excluding hydrogens is 366 g/mol. The van der Waals surface area contributed by atoms with Crippen molar-refractivity contribution in [2.45, 2.75) is 6.54 Å². The number of carbonyl (C=O) groups is 2. The highest BCUT2D eigenvalue weighted by Gasteiger charge is 2.13. The minimum atomic E-state index is -0.589. The number of carbonyl (C=O) groups excluding carboxylic acids is 2. The van der Waals surface area contributed by atoms with Gasteiger partial charge in [0.25, 0.3) is 5.91 Å². The molecule has 0 radical (unpaired) electrons. The van der Waals surface area contributed by atoms with Gasteiger partial charge in [0.15, 0.2) is 0 Å². The van der Waals surface area contributed by atoms with E-state index >= 15 is 0 Å². The Bertz CT molecular complexity index is 1150. The Hall–Kier alpha value is -4.13. The second-order valence-corrected chi connectivity index (χ2v) is 6.52. The maximum atomic E-state index is 12.7. The summed E-state index contributed by atoms with van der Waals surface area (Å²) in [6, 6.07) is 21.7. The number of H-pyrrole nitrogens is 1. The van der Waals surface area contributed by atoms with Crippen molar-refractivity contribution in [2.75, 3.05) is 5.32 Å². The molecule has 29 heavy (non-hydrogen) atoms. The summed E-state index contributed by atoms with van der Waals surface area (Å²) in [5, 5.41) is 5.47. The van der Waals surface area contributed by atoms with E-state index in [0.717, 1.165) is 22.2 Å². The molecule has 0 bridgehead atoms. The maximum Gasteiger partial charge on any atom is 0.312 e. The van der Waals surface area contributed by atoms with E-state index in [-0.39, 0.29) is 5.91 Å². The lowest BCUT2D eigenvalue weighted by Crippen LogP contribution is -2.28. The third-order valence-electron chi connectivity index (χ3n) is 4.50. The van der Waals surface area contributed by atoms with Gasteiger partial charge in [0.1, 0.15) is 5.82 Å². The molecule has 0 atom stereocenters. The number of nitrogens with one attached hydrogen (secondary N) is 3. The number of amides is 3. The normalized spacial score (nSPS) is 10.6. The molecule has 0 aliphatic heterocycles. The lowest BCUT2D eigenvalue weighted by Gasteiger charge is -2.10. The number of hydrogen-bond acceptors (Lipinski definition) is 3. The van der Waals surface area contributed by atoms with Gasteiger partial charge in [-0.2, -0.15) is 0 Å². The average molecular weight is 385 g/mol. The molecule has 4 aromatic rings. The molecule has 7 heteroatoms. The van der Waals surface area contributed by atoms with Crippen LogP contribution in [0, 0.1) is 0 Å². The Kier molecular flexibility index (Phi) is 4.94. The highest BCUT2D eigenvalue weighted by atomic mass is 16.2. The predicted molar refractivity (Wildman–Crippen MR) is 112 cm³/mol. The van der Waals surface area contributed by atoms with Gasteiger partial charge in [0.05, 0.1) is 16.7 Å². The Balaban J connectivity index is 1.55. The van der Waals surface area contributed by atoms with Crippen LogP contribution in [0.1, 0.15) is 15.9 Å². The number of benzene rings is 3. The zero-order valence-electron chi connectivity index (χ0n) is 15.5. The monoisotopic (exact) mass is 385 g/mol. The molecule has 0 unspecified atom stereocenters. The number of urea groups is 1. The third kappa shape index (κ3) is 4.08. The van der Waals surface area contributed by atoms with Crippen LogP contribution in [0.4, 0.5) is 10.5 Å². The number of aromatic amines is 1. The topological polar surface area (TPSA) is 113 Å². The standard InChI is InChI=1S/C22H19N5O2/c23-22(29)24-13-14-9-11-15(12-10-14)21(28)27-17-6-2-1-5-16(17)20-25-18-7-3-4-8-19(18)26-20/h1-12H,13H2,(H,25,26)(H,27,28)(H3,23,24,29). The Labute approximate surface area is 167 Å². The highest BCUT2D eigenvalue weighted by molar-refractivity contribution is 6.06. The molecule has 144 valence electrons. The number of anilines is 1. The van der Waals surface area contributed by atoms with Crippen LogP contribution in [0.5, 0.6) is 0 Å². The maximum absolute atomic E-state index is 12.7. The van der Waals surface area contributed by atoms with Crippen molar-refractivity contribution in [2.24, 2.45) is 5.73 Å². The van der Waals surface area contributed by atoms with Gasteiger partial charge in [-0.05, 0) is 42.0 Å². The Morgan fingerprint density at radius 1 is 0.931 bits per heavy atom. The molecule has 1 heterocycles. The van der Waals surface area contributed by atoms with Crippen molar-refractivity contribution in [3.8, 4) is 11.4 Å². The van der Waals surface area contributed by atoms with Gasteiger partial charge in [-0.1, -0.05) is 36.4 Å². The van der Waals surface area contributed by atoms with Crippen molar-refractivity contribution in [1.82, 2.24) is 15.3 Å². The Morgan fingerprint density at radius 3 is 2.41 bits per heavy atom. The molecule has 3 aromatic carbocycles. The molecule has 0 saturated carbocycles. The first-order valence-corrected chi connectivity index (χ1v) is 9.08. The summed E-state index contributed by atoms with van der Waals surface area (Å²) in [6.45, 7) is 0.312. The van der Waals surface area contributed by atoms with Crippen molar-refractivity contribution >= 4 is 28.7 Å². The average Bonchev–Trinajstić information content (AvgIpc) is 3.17. The van der Waals surface area contributed by atoms with Gasteiger partial charge in [-0.15, -0.1) is 0 Å². The molecule has 3 amide bonds. The number of fused-ring (bicyclic) bond motifs is 1. The molecule has 1 aromatic heterocycles. The first kappa shape index (κ1) is 18.2. The van der Waals surface area contributed by atoms with Gasteiger partial charge in [0.2, 0.25) is 0 Å². The largest absolute Gasteiger partial charge is 0.352 e. The van der Waals surface area contributed by atoms with Crippen molar-refractivity contribution in [3.63, 3.8) is 0 Å². The highest BCUT2D eigenvalue weighted by Crippen LogP contribution is 2.27. The van der Waals surface area contributed by atoms with Crippen molar-refractivity contribution < 1.29 is 9.59 Å². The number of primary amides is 1. The minimum absolute atomic E-state index is 0.233. The quantitative estimate of drug-likeness (QED) is 0.420. The number of hydrogen-bond donors (Lipinski definition) is 4. The van der Waals surface area contributed by atoms with E-state index in [4.69, 9.17) is 5.73 Å². The van der Waals surface area contributed by atoms with Crippen LogP contribution in [0.2, 0.25) is 0 Å². The van der Waals surface area contributed by atoms with Crippen molar-refractivity contribution in [1.29, 1.82) is 0 Å². The molecule has 0 fully saturated rings. The number of para-hydroxylation sites is 3. The number of aromatic nitrogens is 2. The summed E-state index contributed by atoms with van der Waals surface area (Å²) in [4.78, 5) is 31.4. The van der Waals surface area contributed by atoms with E-state index in [1.54, 1.807) is 24.3 Å². The van der Waals surface area contributed by atoms with E-state index in [0.29, 0.717) is 23.6 Å². The van der Waals surface area contributed by atoms with Gasteiger partial charge < -0.3 is 21.4 Å². The molecular formula is C22H19N5O2. The van der Waals surface area contributed by atoms with E-state index < -0.39 is 6.03 Å². The SMILES string of the molecule is NC(=O)NCc1ccc(C(=O)Nc2ccccc2-c2nc3ccccc3[nH]2)cc1. The second kappa shape index (κ2) is 7.85. The summed E-state index contributed by atoms with van der Waals surface area (Å²) >= 11 is 0. The summed E-state index contributed by atoms with van der Waals surface area (Å²) in [7, 11) is 0. The number of rotatable bonds is 5. The summed E-state index contributed by atoms with van der Waals surface area (Å²) < 4.78 is 0. The van der Waals surface area contributed by atoms with Crippen LogP contribution < -0.4 is 16.4 Å². The van der Waals surface area contributed by atoms with E-state index in [1.165, 1.54) is 0 Å². The number of nitrogens with zero attached hydrogens (tertiary/aromatic N) is 1. The first-order chi connectivity index (χ1) is 14.1. The van der Waals surface area contributed by atoms with E-state index in [1.807, 2.05) is 48.5 Å². The fourth-order valence-corrected chi connectivity index (χ4v) is 3.04. The lowest BCUT2D eigenvalue weighted by molar-refractivity contribution is 0.102. The summed E-state index contributed by atoms with van der Waals surface area (Å²) in [5.41, 5.74) is 9.69. The molecule has 7 nitrogen and oxygen atoms in total. The van der Waals surface area contributed by atoms with Crippen LogP contribution in [-0.2, 0) is 6.54 Å². The van der Waals surface area contributed by atoms with E-state index in [9.17, 15) is 9.59 Å². The van der Waals surface area contributed by atoms with Crippen LogP contribution in [-0.4, -0.2) is 21.9 Å². The minimum Gasteiger partial charge on any atom is -0.352 e. The van der Waals surface area contributed by atoms with Gasteiger partial charge >= 0.3 is 6.03 Å². The Morgan fingerprint density at radius 2 is 1.66 bits per heavy atom. The molecule has 5 N–H and O–H groups in total. The fourth-order valence-electron chi connectivity index (χ4n) is 3.04. The third-order valence-corrected chi connectivity index (χ3v) is 4.50. The fraction of sp³-hybridized carbons (Fsp3) is 0.0455. The molecule has 0 aliphatic carbocycles. The van der Waals surface area contributed by atoms with Gasteiger partial charge in [-0.3, -0.25) is 4.79 Å². The smallest absolute Gasteiger partial charge is 0.312 e. The van der Waals surface area contributed by atoms with E-state index in [2.05, 4.69) is 20.6 Å². The number of imidazole rings is 1. The lowest BCUT2D eigenvalue weighted by atomic mass is 10.1. The molecule has 0 aliphatic rings. The zero-order chi connectivity index (χ0) is 20.2. The van der Waals surface area contributed by atoms with Crippen LogP contribution >= 0.6 is 0 Å². The van der Waals surface area contributed by atoms with Crippen LogP contribution in [0.25, 0.3) is 22.4 Å². The van der Waals surface area contributed by atoms with Gasteiger partial charge in [0, 0.05) is 17.7 Å². The van der Waals surface area contributed by atoms with Gasteiger partial charge in [-0.25, -0.2) is 9.78 Å². The molecule has 0 spiro atoms. The second-order valence-electron chi connectivity index (χ2n) is 6.52. The first-order valence-electron chi connectivity index (χ1n) is 9.08. The predicted octanol–water partition coefficient (Wildman–Crippen LogP) is 3.65. The summed E-state index contributed by atoms with van der Waals surface area (Å²) in [6.07, 6.45) is 0. The zero-order valence-corrected chi connectivity index (χ0v) is 15.5. The van der Waals surface area contributed by atoms with Crippen LogP contribution in [0.3, 0.4) is 0 Å². The van der Waals surface area contributed by atoms with Crippen molar-refractivity contribution in [3.05, 3.63) is 83.9 Å². The van der Waals surface area contributed by atoms with Crippen LogP contribution in [0.15, 0.2) is 72.8 Å². The summed E-state index contributed by atoms with van der Waals surface area (Å²) in [5.74, 6) is 0.456. The molecule has 0 saturated heterocycles. The molecule has 4 rings (SSSR count).